The monoisotopic (exact) mass is 545 g/mol. The molecule has 0 bridgehead atoms. The van der Waals surface area contributed by atoms with Gasteiger partial charge in [0.15, 0.2) is 0 Å². The molecule has 0 spiro atoms. The lowest BCUT2D eigenvalue weighted by molar-refractivity contribution is -0.146. The third-order valence-corrected chi connectivity index (χ3v) is 7.80. The smallest absolute Gasteiger partial charge is 0.245 e. The number of para-hydroxylation sites is 1. The summed E-state index contributed by atoms with van der Waals surface area (Å²) in [7, 11) is 0. The number of benzene rings is 2. The average molecular weight is 547 g/mol. The molecule has 2 aromatic carbocycles. The Bertz CT molecular complexity index is 1100. The lowest BCUT2D eigenvalue weighted by Gasteiger charge is -2.41. The molecular formula is C28H37Cl2N5O2. The molecular weight excluding hydrogens is 509 g/mol. The zero-order valence-corrected chi connectivity index (χ0v) is 23.1. The normalized spacial score (nSPS) is 18.3. The van der Waals surface area contributed by atoms with Crippen molar-refractivity contribution in [3.05, 3.63) is 63.6 Å². The first kappa shape index (κ1) is 27.7. The van der Waals surface area contributed by atoms with Crippen LogP contribution in [0.4, 0.5) is 5.69 Å². The van der Waals surface area contributed by atoms with E-state index >= 15 is 0 Å². The van der Waals surface area contributed by atoms with Gasteiger partial charge in [-0.25, -0.2) is 0 Å². The maximum atomic E-state index is 13.9. The van der Waals surface area contributed by atoms with Crippen LogP contribution in [-0.4, -0.2) is 73.5 Å². The van der Waals surface area contributed by atoms with Crippen molar-refractivity contribution in [2.75, 3.05) is 50.7 Å². The second kappa shape index (κ2) is 12.5. The second-order valence-corrected chi connectivity index (χ2v) is 11.2. The van der Waals surface area contributed by atoms with Gasteiger partial charge in [-0.2, -0.15) is 0 Å². The van der Waals surface area contributed by atoms with Crippen molar-refractivity contribution in [1.82, 2.24) is 15.1 Å². The summed E-state index contributed by atoms with van der Waals surface area (Å²) in [6.07, 6.45) is 1.27. The van der Waals surface area contributed by atoms with Crippen molar-refractivity contribution in [2.24, 2.45) is 11.7 Å². The van der Waals surface area contributed by atoms with E-state index in [1.807, 2.05) is 23.1 Å². The fraction of sp³-hybridized carbons (Fsp3) is 0.500. The van der Waals surface area contributed by atoms with Gasteiger partial charge in [0.25, 0.3) is 0 Å². The van der Waals surface area contributed by atoms with Gasteiger partial charge in [-0.15, -0.1) is 0 Å². The summed E-state index contributed by atoms with van der Waals surface area (Å²) in [5.41, 5.74) is 9.66. The number of piperazine rings is 2. The first-order chi connectivity index (χ1) is 17.7. The number of nitrogens with one attached hydrogen (secondary N) is 1. The van der Waals surface area contributed by atoms with E-state index in [9.17, 15) is 9.59 Å². The summed E-state index contributed by atoms with van der Waals surface area (Å²) >= 11 is 12.5. The van der Waals surface area contributed by atoms with Crippen molar-refractivity contribution >= 4 is 40.7 Å². The van der Waals surface area contributed by atoms with Crippen LogP contribution in [0.15, 0.2) is 42.5 Å². The highest BCUT2D eigenvalue weighted by molar-refractivity contribution is 6.35. The highest BCUT2D eigenvalue weighted by atomic mass is 35.5. The number of anilines is 1. The Kier molecular flexibility index (Phi) is 9.35. The van der Waals surface area contributed by atoms with Crippen LogP contribution < -0.4 is 16.0 Å². The Morgan fingerprint density at radius 2 is 1.78 bits per heavy atom. The van der Waals surface area contributed by atoms with Crippen LogP contribution in [0.2, 0.25) is 10.0 Å². The van der Waals surface area contributed by atoms with Crippen molar-refractivity contribution in [3.63, 3.8) is 0 Å². The molecule has 2 fully saturated rings. The van der Waals surface area contributed by atoms with Crippen LogP contribution in [0.5, 0.6) is 0 Å². The van der Waals surface area contributed by atoms with Crippen LogP contribution >= 0.6 is 23.2 Å². The van der Waals surface area contributed by atoms with Crippen LogP contribution in [0.3, 0.4) is 0 Å². The predicted octanol–water partition coefficient (Wildman–Crippen LogP) is 3.73. The van der Waals surface area contributed by atoms with Crippen LogP contribution in [-0.2, 0) is 16.0 Å². The molecule has 2 atom stereocenters. The van der Waals surface area contributed by atoms with E-state index < -0.39 is 6.04 Å². The van der Waals surface area contributed by atoms with Crippen LogP contribution in [0.1, 0.15) is 37.4 Å². The van der Waals surface area contributed by atoms with E-state index in [1.54, 1.807) is 17.0 Å². The largest absolute Gasteiger partial charge is 0.368 e. The molecule has 2 heterocycles. The van der Waals surface area contributed by atoms with Gasteiger partial charge in [0.1, 0.15) is 6.04 Å². The van der Waals surface area contributed by atoms with Gasteiger partial charge in [0.05, 0.1) is 6.54 Å². The van der Waals surface area contributed by atoms with Crippen LogP contribution in [0, 0.1) is 5.92 Å². The minimum Gasteiger partial charge on any atom is -0.368 e. The molecule has 2 aliphatic heterocycles. The quantitative estimate of drug-likeness (QED) is 0.528. The van der Waals surface area contributed by atoms with Crippen LogP contribution in [0.25, 0.3) is 0 Å². The van der Waals surface area contributed by atoms with Crippen molar-refractivity contribution in [1.29, 1.82) is 0 Å². The number of nitrogens with zero attached hydrogens (tertiary/aromatic N) is 3. The molecule has 7 nitrogen and oxygen atoms in total. The molecule has 200 valence electrons. The Balaban J connectivity index is 1.49. The Hall–Kier alpha value is -2.32. The fourth-order valence-electron chi connectivity index (χ4n) is 5.28. The maximum absolute atomic E-state index is 13.9. The molecule has 0 aliphatic carbocycles. The standard InChI is InChI=1S/C28H37Cl2N5O2/c1-19(2)15-24(31)22-5-3-4-6-25(22)33-11-13-34(14-12-33)28(37)26(35-10-9-32-18-27(35)36)16-20-7-8-21(29)17-23(20)30/h3-8,17,19,24,26,32H,9-16,18,31H2,1-2H3/t24-,26?/m0/s1. The minimum absolute atomic E-state index is 0.0249. The summed E-state index contributed by atoms with van der Waals surface area (Å²) in [5, 5.41) is 4.14. The number of halogens is 2. The van der Waals surface area contributed by atoms with E-state index in [2.05, 4.69) is 36.2 Å². The van der Waals surface area contributed by atoms with Gasteiger partial charge >= 0.3 is 0 Å². The minimum atomic E-state index is -0.605. The Morgan fingerprint density at radius 3 is 2.46 bits per heavy atom. The lowest BCUT2D eigenvalue weighted by atomic mass is 9.96. The van der Waals surface area contributed by atoms with Gasteiger partial charge in [-0.3, -0.25) is 9.59 Å². The zero-order chi connectivity index (χ0) is 26.5. The summed E-state index contributed by atoms with van der Waals surface area (Å²) in [6, 6.07) is 13.0. The molecule has 0 radical (unpaired) electrons. The van der Waals surface area contributed by atoms with E-state index in [0.717, 1.165) is 23.2 Å². The molecule has 2 aromatic rings. The molecule has 37 heavy (non-hydrogen) atoms. The summed E-state index contributed by atoms with van der Waals surface area (Å²) in [4.78, 5) is 32.6. The van der Waals surface area contributed by atoms with Gasteiger partial charge in [0, 0.05) is 67.5 Å². The lowest BCUT2D eigenvalue weighted by Crippen LogP contribution is -2.60. The Morgan fingerprint density at radius 1 is 1.05 bits per heavy atom. The molecule has 3 N–H and O–H groups in total. The number of carbonyl (C=O) groups is 2. The number of hydrogen-bond donors (Lipinski definition) is 2. The average Bonchev–Trinajstić information content (AvgIpc) is 2.88. The first-order valence-electron chi connectivity index (χ1n) is 13.1. The van der Waals surface area contributed by atoms with Crippen molar-refractivity contribution in [2.45, 2.75) is 38.8 Å². The number of carbonyl (C=O) groups excluding carboxylic acids is 2. The van der Waals surface area contributed by atoms with Crippen molar-refractivity contribution < 1.29 is 9.59 Å². The number of hydrogen-bond acceptors (Lipinski definition) is 5. The third-order valence-electron chi connectivity index (χ3n) is 7.21. The molecule has 4 rings (SSSR count). The SMILES string of the molecule is CC(C)C[C@H](N)c1ccccc1N1CCN(C(=O)C(Cc2ccc(Cl)cc2Cl)N2CCNCC2=O)CC1. The molecule has 2 aliphatic rings. The van der Waals surface area contributed by atoms with E-state index in [4.69, 9.17) is 28.9 Å². The van der Waals surface area contributed by atoms with Gasteiger partial charge < -0.3 is 25.8 Å². The second-order valence-electron chi connectivity index (χ2n) is 10.3. The van der Waals surface area contributed by atoms with E-state index in [1.165, 1.54) is 0 Å². The van der Waals surface area contributed by atoms with E-state index in [-0.39, 0.29) is 24.4 Å². The number of nitrogens with two attached hydrogens (primary N) is 1. The molecule has 0 saturated carbocycles. The summed E-state index contributed by atoms with van der Waals surface area (Å²) in [5.74, 6) is 0.406. The molecule has 2 amide bonds. The van der Waals surface area contributed by atoms with Gasteiger partial charge in [-0.05, 0) is 41.7 Å². The molecule has 9 heteroatoms. The summed E-state index contributed by atoms with van der Waals surface area (Å²) in [6.45, 7) is 8.33. The predicted molar refractivity (Wildman–Crippen MR) is 150 cm³/mol. The number of rotatable bonds is 8. The Labute approximate surface area is 229 Å². The zero-order valence-electron chi connectivity index (χ0n) is 21.6. The number of amides is 2. The van der Waals surface area contributed by atoms with E-state index in [0.29, 0.717) is 61.7 Å². The topological polar surface area (TPSA) is 81.9 Å². The molecule has 2 saturated heterocycles. The molecule has 1 unspecified atom stereocenters. The third kappa shape index (κ3) is 6.77. The van der Waals surface area contributed by atoms with Gasteiger partial charge in [0.2, 0.25) is 11.8 Å². The summed E-state index contributed by atoms with van der Waals surface area (Å²) < 4.78 is 0. The van der Waals surface area contributed by atoms with Crippen molar-refractivity contribution in [3.8, 4) is 0 Å². The fourth-order valence-corrected chi connectivity index (χ4v) is 5.77. The highest BCUT2D eigenvalue weighted by Crippen LogP contribution is 2.30. The maximum Gasteiger partial charge on any atom is 0.245 e. The highest BCUT2D eigenvalue weighted by Gasteiger charge is 2.36. The first-order valence-corrected chi connectivity index (χ1v) is 13.8. The molecule has 0 aromatic heterocycles. The van der Waals surface area contributed by atoms with Gasteiger partial charge in [-0.1, -0.05) is 61.3 Å².